The van der Waals surface area contributed by atoms with Crippen LogP contribution in [0.1, 0.15) is 39.7 Å². The average Bonchev–Trinajstić information content (AvgIpc) is 3.17. The maximum absolute atomic E-state index is 13.8. The van der Waals surface area contributed by atoms with E-state index in [2.05, 4.69) is 4.74 Å². The van der Waals surface area contributed by atoms with Crippen molar-refractivity contribution in [2.45, 2.75) is 52.5 Å². The molecule has 222 valence electrons. The normalized spacial score (nSPS) is 18.1. The summed E-state index contributed by atoms with van der Waals surface area (Å²) in [5.41, 5.74) is 5.90. The molecule has 0 amide bonds. The number of hydrogen-bond donors (Lipinski definition) is 1. The number of methoxy groups -OCH3 is 1. The summed E-state index contributed by atoms with van der Waals surface area (Å²) in [5, 5.41) is 9.37. The first-order chi connectivity index (χ1) is 19.7. The molecule has 1 aromatic rings. The van der Waals surface area contributed by atoms with Gasteiger partial charge in [0.1, 0.15) is 5.82 Å². The van der Waals surface area contributed by atoms with Gasteiger partial charge in [0.05, 0.1) is 47.5 Å². The van der Waals surface area contributed by atoms with Crippen LogP contribution in [0.15, 0.2) is 82.4 Å². The number of carbonyl (C=O) groups is 3. The van der Waals surface area contributed by atoms with Gasteiger partial charge in [-0.1, -0.05) is 23.8 Å². The number of anilines is 1. The number of rotatable bonds is 7. The molecule has 1 aliphatic heterocycles. The summed E-state index contributed by atoms with van der Waals surface area (Å²) < 4.78 is 56.4. The highest BCUT2D eigenvalue weighted by molar-refractivity contribution is 6.01. The zero-order chi connectivity index (χ0) is 31.4. The van der Waals surface area contributed by atoms with Crippen LogP contribution in [0, 0.1) is 17.2 Å². The van der Waals surface area contributed by atoms with E-state index in [1.807, 2.05) is 6.07 Å². The van der Waals surface area contributed by atoms with Gasteiger partial charge in [0.15, 0.2) is 6.10 Å². The van der Waals surface area contributed by atoms with Crippen LogP contribution in [-0.4, -0.2) is 37.2 Å². The van der Waals surface area contributed by atoms with E-state index in [1.54, 1.807) is 32.1 Å². The Kier molecular flexibility index (Phi) is 9.67. The number of nitriles is 1. The number of ether oxygens (including phenoxy) is 3. The second-order valence-electron chi connectivity index (χ2n) is 9.72. The Hall–Kier alpha value is -4.79. The van der Waals surface area contributed by atoms with E-state index in [0.29, 0.717) is 11.1 Å². The number of carbonyl (C=O) groups excluding carboxylic acids is 3. The van der Waals surface area contributed by atoms with Crippen LogP contribution in [0.25, 0.3) is 0 Å². The van der Waals surface area contributed by atoms with Gasteiger partial charge in [0.25, 0.3) is 0 Å². The Morgan fingerprint density at radius 3 is 2.36 bits per heavy atom. The highest BCUT2D eigenvalue weighted by Gasteiger charge is 2.43. The number of halogens is 3. The topological polar surface area (TPSA) is 132 Å². The lowest BCUT2D eigenvalue weighted by Gasteiger charge is -2.38. The van der Waals surface area contributed by atoms with Crippen molar-refractivity contribution in [2.24, 2.45) is 11.7 Å². The Morgan fingerprint density at radius 2 is 1.76 bits per heavy atom. The third-order valence-corrected chi connectivity index (χ3v) is 6.48. The molecule has 1 aromatic carbocycles. The summed E-state index contributed by atoms with van der Waals surface area (Å²) in [6.45, 7) is 5.92. The van der Waals surface area contributed by atoms with Gasteiger partial charge in [-0.15, -0.1) is 0 Å². The SMILES string of the molecule is COC(=O)C(C)OC(=O)C1=C(C)N(c2cccc(C(F)(F)F)c2)C(N)=C(C(=O)OC(C)C)C1C1=CC=C(C#N)C=CC1. The van der Waals surface area contributed by atoms with Crippen LogP contribution < -0.4 is 10.6 Å². The minimum atomic E-state index is -4.69. The molecule has 0 radical (unpaired) electrons. The van der Waals surface area contributed by atoms with Crippen molar-refractivity contribution in [2.75, 3.05) is 12.0 Å². The first-order valence-corrected chi connectivity index (χ1v) is 12.9. The smallest absolute Gasteiger partial charge is 0.416 e. The number of alkyl halides is 3. The second-order valence-corrected chi connectivity index (χ2v) is 9.72. The minimum Gasteiger partial charge on any atom is -0.466 e. The number of benzene rings is 1. The first kappa shape index (κ1) is 31.7. The van der Waals surface area contributed by atoms with Gasteiger partial charge in [-0.3, -0.25) is 0 Å². The van der Waals surface area contributed by atoms with Crippen LogP contribution >= 0.6 is 0 Å². The number of allylic oxidation sites excluding steroid dienone is 7. The summed E-state index contributed by atoms with van der Waals surface area (Å²) in [7, 11) is 1.11. The molecule has 0 fully saturated rings. The molecule has 1 heterocycles. The lowest BCUT2D eigenvalue weighted by Crippen LogP contribution is -2.41. The Labute approximate surface area is 241 Å². The lowest BCUT2D eigenvalue weighted by molar-refractivity contribution is -0.162. The van der Waals surface area contributed by atoms with Gasteiger partial charge in [-0.25, -0.2) is 14.4 Å². The van der Waals surface area contributed by atoms with Crippen molar-refractivity contribution in [1.82, 2.24) is 0 Å². The fourth-order valence-corrected chi connectivity index (χ4v) is 4.58. The summed E-state index contributed by atoms with van der Waals surface area (Å²) >= 11 is 0. The van der Waals surface area contributed by atoms with Crippen molar-refractivity contribution in [3.05, 3.63) is 87.9 Å². The summed E-state index contributed by atoms with van der Waals surface area (Å²) in [5.74, 6) is -4.26. The summed E-state index contributed by atoms with van der Waals surface area (Å²) in [6.07, 6.45) is -0.220. The van der Waals surface area contributed by atoms with Crippen molar-refractivity contribution < 1.29 is 41.8 Å². The maximum atomic E-state index is 13.8. The highest BCUT2D eigenvalue weighted by Crippen LogP contribution is 2.44. The number of nitrogens with zero attached hydrogens (tertiary/aromatic N) is 2. The van der Waals surface area contributed by atoms with Gasteiger partial charge in [-0.2, -0.15) is 18.4 Å². The molecular weight excluding hydrogens is 555 g/mol. The molecule has 0 aromatic heterocycles. The molecular formula is C30H30F3N3O6. The number of esters is 3. The van der Waals surface area contributed by atoms with Crippen LogP contribution in [0.4, 0.5) is 18.9 Å². The van der Waals surface area contributed by atoms with Crippen molar-refractivity contribution in [3.8, 4) is 6.07 Å². The van der Waals surface area contributed by atoms with Gasteiger partial charge < -0.3 is 24.8 Å². The largest absolute Gasteiger partial charge is 0.466 e. The highest BCUT2D eigenvalue weighted by atomic mass is 19.4. The van der Waals surface area contributed by atoms with E-state index < -0.39 is 47.8 Å². The molecule has 2 aliphatic rings. The molecule has 2 N–H and O–H groups in total. The Bertz CT molecular complexity index is 1480. The summed E-state index contributed by atoms with van der Waals surface area (Å²) in [6, 6.07) is 6.23. The third kappa shape index (κ3) is 6.74. The minimum absolute atomic E-state index is 0.0543. The van der Waals surface area contributed by atoms with E-state index >= 15 is 0 Å². The fraction of sp³-hybridized carbons (Fsp3) is 0.333. The van der Waals surface area contributed by atoms with E-state index in [4.69, 9.17) is 15.2 Å². The molecule has 12 heteroatoms. The van der Waals surface area contributed by atoms with E-state index in [9.17, 15) is 32.8 Å². The van der Waals surface area contributed by atoms with Gasteiger partial charge in [0, 0.05) is 11.4 Å². The number of nitrogens with two attached hydrogens (primary N) is 1. The molecule has 0 saturated heterocycles. The van der Waals surface area contributed by atoms with E-state index in [0.717, 1.165) is 24.1 Å². The first-order valence-electron chi connectivity index (χ1n) is 12.9. The third-order valence-electron chi connectivity index (χ3n) is 6.48. The average molecular weight is 586 g/mol. The standard InChI is InChI=1S/C30H30F3N3O6/c1-16(2)41-29(39)25-24(20-9-6-8-19(15-34)12-13-20)23(28(38)42-18(4)27(37)40-5)17(3)36(26(25)35)22-11-7-10-21(14-22)30(31,32)33/h6-8,10-14,16,18,24H,9,35H2,1-5H3. The Balaban J connectivity index is 2.36. The summed E-state index contributed by atoms with van der Waals surface area (Å²) in [4.78, 5) is 40.6. The molecule has 2 atom stereocenters. The number of hydrogen-bond acceptors (Lipinski definition) is 9. The molecule has 42 heavy (non-hydrogen) atoms. The predicted octanol–water partition coefficient (Wildman–Crippen LogP) is 4.98. The molecule has 9 nitrogen and oxygen atoms in total. The maximum Gasteiger partial charge on any atom is 0.416 e. The van der Waals surface area contributed by atoms with Crippen LogP contribution in [0.5, 0.6) is 0 Å². The predicted molar refractivity (Wildman–Crippen MR) is 146 cm³/mol. The van der Waals surface area contributed by atoms with Crippen LogP contribution in [0.2, 0.25) is 0 Å². The van der Waals surface area contributed by atoms with Crippen molar-refractivity contribution >= 4 is 23.6 Å². The molecule has 0 bridgehead atoms. The van der Waals surface area contributed by atoms with E-state index in [-0.39, 0.29) is 34.8 Å². The fourth-order valence-electron chi connectivity index (χ4n) is 4.58. The molecule has 2 unspecified atom stereocenters. The molecule has 1 aliphatic carbocycles. The molecule has 0 spiro atoms. The van der Waals surface area contributed by atoms with Crippen LogP contribution in [0.3, 0.4) is 0 Å². The molecule has 3 rings (SSSR count). The molecule has 0 saturated carbocycles. The van der Waals surface area contributed by atoms with Crippen molar-refractivity contribution in [1.29, 1.82) is 5.26 Å². The second kappa shape index (κ2) is 12.8. The van der Waals surface area contributed by atoms with Crippen molar-refractivity contribution in [3.63, 3.8) is 0 Å². The van der Waals surface area contributed by atoms with Gasteiger partial charge in [-0.05, 0) is 64.5 Å². The monoisotopic (exact) mass is 585 g/mol. The van der Waals surface area contributed by atoms with Gasteiger partial charge >= 0.3 is 24.1 Å². The quantitative estimate of drug-likeness (QED) is 0.348. The zero-order valence-corrected chi connectivity index (χ0v) is 23.6. The van der Waals surface area contributed by atoms with Gasteiger partial charge in [0.2, 0.25) is 0 Å². The lowest BCUT2D eigenvalue weighted by atomic mass is 9.78. The zero-order valence-electron chi connectivity index (χ0n) is 23.6. The Morgan fingerprint density at radius 1 is 1.10 bits per heavy atom. The van der Waals surface area contributed by atoms with Crippen LogP contribution in [-0.2, 0) is 34.8 Å². The van der Waals surface area contributed by atoms with E-state index in [1.165, 1.54) is 32.1 Å².